The van der Waals surface area contributed by atoms with Gasteiger partial charge in [-0.25, -0.2) is 15.0 Å². The van der Waals surface area contributed by atoms with E-state index in [1.807, 2.05) is 14.0 Å². The monoisotopic (exact) mass is 324 g/mol. The maximum atomic E-state index is 6.17. The van der Waals surface area contributed by atoms with E-state index in [2.05, 4.69) is 26.3 Å². The molecule has 3 rings (SSSR count). The number of nitrogens with zero attached hydrogens (tertiary/aromatic N) is 3. The SMILES string of the molecule is CNc1nc(-c2ncc(Cl)cc2Cl)nc2sc(C)cc12. The highest BCUT2D eigenvalue weighted by molar-refractivity contribution is 7.18. The Morgan fingerprint density at radius 3 is 2.70 bits per heavy atom. The maximum Gasteiger partial charge on any atom is 0.183 e. The Labute approximate surface area is 129 Å². The summed E-state index contributed by atoms with van der Waals surface area (Å²) in [5.74, 6) is 1.26. The first-order valence-corrected chi connectivity index (χ1v) is 7.43. The number of aryl methyl sites for hydroxylation is 1. The normalized spacial score (nSPS) is 11.0. The number of hydrogen-bond donors (Lipinski definition) is 1. The van der Waals surface area contributed by atoms with Crippen LogP contribution in [-0.4, -0.2) is 22.0 Å². The van der Waals surface area contributed by atoms with Crippen LogP contribution in [0.4, 0.5) is 5.82 Å². The summed E-state index contributed by atoms with van der Waals surface area (Å²) in [6.07, 6.45) is 1.54. The average Bonchev–Trinajstić information content (AvgIpc) is 2.77. The predicted molar refractivity (Wildman–Crippen MR) is 84.9 cm³/mol. The van der Waals surface area contributed by atoms with Crippen molar-refractivity contribution in [3.63, 3.8) is 0 Å². The quantitative estimate of drug-likeness (QED) is 0.758. The zero-order valence-corrected chi connectivity index (χ0v) is 13.1. The fourth-order valence-electron chi connectivity index (χ4n) is 1.92. The topological polar surface area (TPSA) is 50.7 Å². The minimum Gasteiger partial charge on any atom is -0.372 e. The molecule has 3 heterocycles. The summed E-state index contributed by atoms with van der Waals surface area (Å²) in [4.78, 5) is 15.3. The summed E-state index contributed by atoms with van der Waals surface area (Å²) >= 11 is 13.6. The molecule has 0 aliphatic carbocycles. The fraction of sp³-hybridized carbons (Fsp3) is 0.154. The summed E-state index contributed by atoms with van der Waals surface area (Å²) in [5, 5.41) is 5.01. The molecule has 102 valence electrons. The van der Waals surface area contributed by atoms with E-state index >= 15 is 0 Å². The van der Waals surface area contributed by atoms with Crippen LogP contribution >= 0.6 is 34.5 Å². The van der Waals surface area contributed by atoms with Gasteiger partial charge in [0.1, 0.15) is 16.3 Å². The molecule has 0 saturated carbocycles. The van der Waals surface area contributed by atoms with Gasteiger partial charge in [-0.15, -0.1) is 11.3 Å². The van der Waals surface area contributed by atoms with Gasteiger partial charge in [0, 0.05) is 18.1 Å². The van der Waals surface area contributed by atoms with E-state index in [1.165, 1.54) is 11.1 Å². The Hall–Kier alpha value is -1.43. The third-order valence-electron chi connectivity index (χ3n) is 2.77. The molecular weight excluding hydrogens is 315 g/mol. The highest BCUT2D eigenvalue weighted by Gasteiger charge is 2.14. The summed E-state index contributed by atoms with van der Waals surface area (Å²) in [7, 11) is 1.83. The first-order valence-electron chi connectivity index (χ1n) is 5.86. The van der Waals surface area contributed by atoms with Crippen LogP contribution in [0.15, 0.2) is 18.3 Å². The van der Waals surface area contributed by atoms with E-state index in [4.69, 9.17) is 23.2 Å². The summed E-state index contributed by atoms with van der Waals surface area (Å²) in [5.41, 5.74) is 0.528. The third-order valence-corrected chi connectivity index (χ3v) is 4.21. The number of halogens is 2. The number of pyridine rings is 1. The second-order valence-corrected chi connectivity index (χ2v) is 6.28. The van der Waals surface area contributed by atoms with Gasteiger partial charge in [-0.1, -0.05) is 23.2 Å². The maximum absolute atomic E-state index is 6.17. The highest BCUT2D eigenvalue weighted by Crippen LogP contribution is 2.32. The van der Waals surface area contributed by atoms with Crippen molar-refractivity contribution in [3.8, 4) is 11.5 Å². The van der Waals surface area contributed by atoms with Crippen molar-refractivity contribution in [1.29, 1.82) is 0 Å². The first kappa shape index (κ1) is 13.5. The van der Waals surface area contributed by atoms with Crippen molar-refractivity contribution in [3.05, 3.63) is 33.3 Å². The van der Waals surface area contributed by atoms with Crippen molar-refractivity contribution in [2.75, 3.05) is 12.4 Å². The van der Waals surface area contributed by atoms with Gasteiger partial charge in [0.25, 0.3) is 0 Å². The molecule has 4 nitrogen and oxygen atoms in total. The second kappa shape index (κ2) is 5.16. The lowest BCUT2D eigenvalue weighted by molar-refractivity contribution is 1.18. The van der Waals surface area contributed by atoms with Gasteiger partial charge in [-0.3, -0.25) is 0 Å². The van der Waals surface area contributed by atoms with E-state index in [0.29, 0.717) is 21.6 Å². The van der Waals surface area contributed by atoms with Crippen molar-refractivity contribution in [1.82, 2.24) is 15.0 Å². The first-order chi connectivity index (χ1) is 9.58. The minimum atomic E-state index is 0.437. The summed E-state index contributed by atoms with van der Waals surface area (Å²) in [6, 6.07) is 3.70. The Morgan fingerprint density at radius 2 is 2.00 bits per heavy atom. The Balaban J connectivity index is 2.25. The third kappa shape index (κ3) is 2.32. The van der Waals surface area contributed by atoms with Gasteiger partial charge in [-0.2, -0.15) is 0 Å². The van der Waals surface area contributed by atoms with Gasteiger partial charge in [0.15, 0.2) is 5.82 Å². The zero-order chi connectivity index (χ0) is 14.3. The van der Waals surface area contributed by atoms with E-state index in [9.17, 15) is 0 Å². The van der Waals surface area contributed by atoms with E-state index in [1.54, 1.807) is 17.4 Å². The minimum absolute atomic E-state index is 0.437. The molecule has 0 aromatic carbocycles. The van der Waals surface area contributed by atoms with Gasteiger partial charge >= 0.3 is 0 Å². The molecule has 1 N–H and O–H groups in total. The molecule has 0 saturated heterocycles. The zero-order valence-electron chi connectivity index (χ0n) is 10.7. The molecule has 0 spiro atoms. The van der Waals surface area contributed by atoms with Crippen LogP contribution in [0, 0.1) is 6.92 Å². The molecule has 20 heavy (non-hydrogen) atoms. The average molecular weight is 325 g/mol. The number of rotatable bonds is 2. The lowest BCUT2D eigenvalue weighted by Crippen LogP contribution is -1.98. The van der Waals surface area contributed by atoms with Crippen molar-refractivity contribution >= 4 is 50.6 Å². The lowest BCUT2D eigenvalue weighted by atomic mass is 10.3. The molecule has 0 fully saturated rings. The molecule has 7 heteroatoms. The molecule has 0 aliphatic rings. The molecule has 0 bridgehead atoms. The Bertz CT molecular complexity index is 800. The molecule has 0 radical (unpaired) electrons. The lowest BCUT2D eigenvalue weighted by Gasteiger charge is -2.06. The van der Waals surface area contributed by atoms with E-state index < -0.39 is 0 Å². The molecule has 0 aliphatic heterocycles. The number of thiophene rings is 1. The standard InChI is InChI=1S/C13H10Cl2N4S/c1-6-3-8-11(16-2)18-12(19-13(8)20-6)10-9(15)4-7(14)5-17-10/h3-5H,1-2H3,(H,16,18,19). The van der Waals surface area contributed by atoms with Crippen molar-refractivity contribution < 1.29 is 0 Å². The summed E-state index contributed by atoms with van der Waals surface area (Å²) in [6.45, 7) is 2.04. The Kier molecular flexibility index (Phi) is 3.50. The van der Waals surface area contributed by atoms with Gasteiger partial charge in [-0.05, 0) is 19.1 Å². The van der Waals surface area contributed by atoms with Gasteiger partial charge < -0.3 is 5.32 Å². The van der Waals surface area contributed by atoms with Crippen LogP contribution in [0.1, 0.15) is 4.88 Å². The molecule has 0 unspecified atom stereocenters. The van der Waals surface area contributed by atoms with Crippen LogP contribution in [-0.2, 0) is 0 Å². The molecule has 3 aromatic heterocycles. The molecular formula is C13H10Cl2N4S. The second-order valence-electron chi connectivity index (χ2n) is 4.21. The van der Waals surface area contributed by atoms with Crippen molar-refractivity contribution in [2.45, 2.75) is 6.92 Å². The molecule has 0 atom stereocenters. The van der Waals surface area contributed by atoms with E-state index in [0.717, 1.165) is 16.0 Å². The summed E-state index contributed by atoms with van der Waals surface area (Å²) < 4.78 is 0. The fourth-order valence-corrected chi connectivity index (χ4v) is 3.26. The Morgan fingerprint density at radius 1 is 1.20 bits per heavy atom. The number of aromatic nitrogens is 3. The van der Waals surface area contributed by atoms with E-state index in [-0.39, 0.29) is 0 Å². The number of nitrogens with one attached hydrogen (secondary N) is 1. The highest BCUT2D eigenvalue weighted by atomic mass is 35.5. The van der Waals surface area contributed by atoms with Gasteiger partial charge in [0.05, 0.1) is 15.4 Å². The number of hydrogen-bond acceptors (Lipinski definition) is 5. The predicted octanol–water partition coefficient (Wildman–Crippen LogP) is 4.41. The molecule has 3 aromatic rings. The van der Waals surface area contributed by atoms with Crippen molar-refractivity contribution in [2.24, 2.45) is 0 Å². The smallest absolute Gasteiger partial charge is 0.183 e. The van der Waals surface area contributed by atoms with Crippen LogP contribution in [0.25, 0.3) is 21.7 Å². The van der Waals surface area contributed by atoms with Crippen LogP contribution in [0.3, 0.4) is 0 Å². The number of fused-ring (bicyclic) bond motifs is 1. The largest absolute Gasteiger partial charge is 0.372 e. The number of anilines is 1. The van der Waals surface area contributed by atoms with Crippen LogP contribution in [0.5, 0.6) is 0 Å². The molecule has 0 amide bonds. The van der Waals surface area contributed by atoms with Gasteiger partial charge in [0.2, 0.25) is 0 Å². The van der Waals surface area contributed by atoms with Crippen LogP contribution in [0.2, 0.25) is 10.0 Å². The van der Waals surface area contributed by atoms with Crippen LogP contribution < -0.4 is 5.32 Å².